The third-order valence-corrected chi connectivity index (χ3v) is 7.38. The number of carbonyl (C=O) groups excluding carboxylic acids is 1. The van der Waals surface area contributed by atoms with Crippen molar-refractivity contribution >= 4 is 6.16 Å². The average Bonchev–Trinajstić information content (AvgIpc) is 3.14. The molecule has 0 spiro atoms. The molecule has 1 unspecified atom stereocenters. The molecule has 1 saturated carbocycles. The number of ether oxygens (including phenoxy) is 3. The lowest BCUT2D eigenvalue weighted by atomic mass is 9.73. The van der Waals surface area contributed by atoms with Crippen LogP contribution in [0, 0.1) is 17.8 Å². The standard InChI is InChI=1S/C27H39F3O6/c1-3-4-5-8-20(32)10-11-21-22-12-18-7-6-9-24(34-15-17(2)31)23(18)13-19(22)14-25(21)36-26(33)35-16-27(28,29)30/h6-7,9,17,19-22,25,31-32H,3-5,8,10-16H2,1-2H3/t17?,19-,20-,21+,22-,25+/m0/s1. The zero-order chi connectivity index (χ0) is 26.3. The minimum Gasteiger partial charge on any atom is -0.491 e. The maximum atomic E-state index is 12.5. The molecule has 36 heavy (non-hydrogen) atoms. The van der Waals surface area contributed by atoms with Crippen LogP contribution in [-0.2, 0) is 22.3 Å². The number of aliphatic hydroxyl groups excluding tert-OH is 2. The molecule has 0 amide bonds. The number of hydrogen-bond donors (Lipinski definition) is 2. The van der Waals surface area contributed by atoms with E-state index in [0.717, 1.165) is 42.6 Å². The maximum absolute atomic E-state index is 12.5. The normalized spacial score (nSPS) is 25.0. The molecule has 0 bridgehead atoms. The van der Waals surface area contributed by atoms with E-state index in [0.29, 0.717) is 32.1 Å². The summed E-state index contributed by atoms with van der Waals surface area (Å²) in [5.41, 5.74) is 2.20. The second kappa shape index (κ2) is 13.0. The van der Waals surface area contributed by atoms with E-state index in [1.54, 1.807) is 6.92 Å². The van der Waals surface area contributed by atoms with Gasteiger partial charge in [-0.15, -0.1) is 0 Å². The summed E-state index contributed by atoms with van der Waals surface area (Å²) in [5.74, 6) is 0.984. The molecule has 204 valence electrons. The van der Waals surface area contributed by atoms with Crippen LogP contribution in [0.1, 0.15) is 69.9 Å². The first kappa shape index (κ1) is 28.6. The number of hydrogen-bond acceptors (Lipinski definition) is 6. The third kappa shape index (κ3) is 8.26. The van der Waals surface area contributed by atoms with Crippen LogP contribution >= 0.6 is 0 Å². The lowest BCUT2D eigenvalue weighted by molar-refractivity contribution is -0.167. The predicted molar refractivity (Wildman–Crippen MR) is 128 cm³/mol. The number of halogens is 3. The van der Waals surface area contributed by atoms with Crippen LogP contribution in [0.3, 0.4) is 0 Å². The number of benzene rings is 1. The first-order valence-electron chi connectivity index (χ1n) is 13.1. The van der Waals surface area contributed by atoms with E-state index >= 15 is 0 Å². The SMILES string of the molecule is CCCCC[C@H](O)CC[C@@H]1[C@H]2Cc3cccc(OCC(C)O)c3C[C@H]2C[C@H]1OC(=O)OCC(F)(F)F. The lowest BCUT2D eigenvalue weighted by Gasteiger charge is -2.33. The number of unbranched alkanes of at least 4 members (excludes halogenated alkanes) is 2. The summed E-state index contributed by atoms with van der Waals surface area (Å²) < 4.78 is 53.1. The zero-order valence-electron chi connectivity index (χ0n) is 21.1. The van der Waals surface area contributed by atoms with Crippen LogP contribution in [-0.4, -0.2) is 54.1 Å². The highest BCUT2D eigenvalue weighted by Crippen LogP contribution is 2.49. The molecule has 2 N–H and O–H groups in total. The topological polar surface area (TPSA) is 85.2 Å². The van der Waals surface area contributed by atoms with Gasteiger partial charge in [-0.1, -0.05) is 38.3 Å². The van der Waals surface area contributed by atoms with Gasteiger partial charge in [-0.3, -0.25) is 0 Å². The van der Waals surface area contributed by atoms with E-state index in [1.807, 2.05) is 18.2 Å². The number of rotatable bonds is 12. The molecule has 0 radical (unpaired) electrons. The Morgan fingerprint density at radius 3 is 2.64 bits per heavy atom. The van der Waals surface area contributed by atoms with Gasteiger partial charge in [0, 0.05) is 0 Å². The van der Waals surface area contributed by atoms with Crippen molar-refractivity contribution in [2.75, 3.05) is 13.2 Å². The Morgan fingerprint density at radius 2 is 1.94 bits per heavy atom. The Kier molecular flexibility index (Phi) is 10.3. The molecule has 2 aliphatic rings. The van der Waals surface area contributed by atoms with Crippen molar-refractivity contribution in [3.63, 3.8) is 0 Å². The largest absolute Gasteiger partial charge is 0.508 e. The van der Waals surface area contributed by atoms with Crippen molar-refractivity contribution in [1.82, 2.24) is 0 Å². The first-order valence-corrected chi connectivity index (χ1v) is 13.1. The van der Waals surface area contributed by atoms with E-state index in [1.165, 1.54) is 0 Å². The third-order valence-electron chi connectivity index (χ3n) is 7.38. The minimum atomic E-state index is -4.62. The molecular weight excluding hydrogens is 477 g/mol. The Bertz CT molecular complexity index is 843. The van der Waals surface area contributed by atoms with Gasteiger partial charge < -0.3 is 24.4 Å². The van der Waals surface area contributed by atoms with E-state index in [9.17, 15) is 28.2 Å². The van der Waals surface area contributed by atoms with Crippen LogP contribution in [0.2, 0.25) is 0 Å². The molecular formula is C27H39F3O6. The average molecular weight is 517 g/mol. The summed E-state index contributed by atoms with van der Waals surface area (Å²) in [6.45, 7) is 2.26. The van der Waals surface area contributed by atoms with E-state index in [-0.39, 0.29) is 24.4 Å². The van der Waals surface area contributed by atoms with Crippen LogP contribution in [0.5, 0.6) is 5.75 Å². The number of aliphatic hydroxyl groups is 2. The molecule has 9 heteroatoms. The van der Waals surface area contributed by atoms with Crippen molar-refractivity contribution in [2.24, 2.45) is 17.8 Å². The Morgan fingerprint density at radius 1 is 1.17 bits per heavy atom. The highest BCUT2D eigenvalue weighted by atomic mass is 19.4. The molecule has 0 aliphatic heterocycles. The van der Waals surface area contributed by atoms with Gasteiger partial charge in [0.15, 0.2) is 6.61 Å². The Labute approximate surface area is 211 Å². The van der Waals surface area contributed by atoms with Gasteiger partial charge in [-0.2, -0.15) is 13.2 Å². The lowest BCUT2D eigenvalue weighted by Crippen LogP contribution is -2.30. The molecule has 0 heterocycles. The van der Waals surface area contributed by atoms with Gasteiger partial charge in [0.1, 0.15) is 18.5 Å². The smallest absolute Gasteiger partial charge is 0.491 e. The van der Waals surface area contributed by atoms with E-state index in [2.05, 4.69) is 11.7 Å². The van der Waals surface area contributed by atoms with Crippen LogP contribution in [0.25, 0.3) is 0 Å². The molecule has 0 saturated heterocycles. The van der Waals surface area contributed by atoms with Crippen LogP contribution < -0.4 is 4.74 Å². The van der Waals surface area contributed by atoms with Gasteiger partial charge in [-0.25, -0.2) is 4.79 Å². The zero-order valence-corrected chi connectivity index (χ0v) is 21.1. The molecule has 3 rings (SSSR count). The molecule has 1 fully saturated rings. The summed E-state index contributed by atoms with van der Waals surface area (Å²) in [6.07, 6.45) is -0.635. The molecule has 0 aromatic heterocycles. The maximum Gasteiger partial charge on any atom is 0.508 e. The van der Waals surface area contributed by atoms with Crippen molar-refractivity contribution in [1.29, 1.82) is 0 Å². The molecule has 1 aromatic carbocycles. The van der Waals surface area contributed by atoms with Crippen molar-refractivity contribution < 1.29 is 42.4 Å². The monoisotopic (exact) mass is 516 g/mol. The fraction of sp³-hybridized carbons (Fsp3) is 0.741. The van der Waals surface area contributed by atoms with Crippen molar-refractivity contribution in [3.8, 4) is 5.75 Å². The molecule has 6 nitrogen and oxygen atoms in total. The fourth-order valence-electron chi connectivity index (χ4n) is 5.71. The summed E-state index contributed by atoms with van der Waals surface area (Å²) in [5, 5.41) is 20.1. The van der Waals surface area contributed by atoms with Crippen molar-refractivity contribution in [2.45, 2.75) is 96.1 Å². The number of alkyl halides is 3. The van der Waals surface area contributed by atoms with E-state index in [4.69, 9.17) is 9.47 Å². The highest BCUT2D eigenvalue weighted by Gasteiger charge is 2.47. The summed E-state index contributed by atoms with van der Waals surface area (Å²) in [6, 6.07) is 5.84. The van der Waals surface area contributed by atoms with Gasteiger partial charge in [-0.05, 0) is 80.4 Å². The van der Waals surface area contributed by atoms with Crippen LogP contribution in [0.4, 0.5) is 18.0 Å². The summed E-state index contributed by atoms with van der Waals surface area (Å²) in [4.78, 5) is 12.1. The van der Waals surface area contributed by atoms with Gasteiger partial charge >= 0.3 is 12.3 Å². The quantitative estimate of drug-likeness (QED) is 0.278. The number of carbonyl (C=O) groups is 1. The first-order chi connectivity index (χ1) is 17.1. The highest BCUT2D eigenvalue weighted by molar-refractivity contribution is 5.60. The second-order valence-electron chi connectivity index (χ2n) is 10.3. The molecule has 1 aromatic rings. The fourth-order valence-corrected chi connectivity index (χ4v) is 5.71. The number of fused-ring (bicyclic) bond motifs is 2. The van der Waals surface area contributed by atoms with Gasteiger partial charge in [0.2, 0.25) is 0 Å². The van der Waals surface area contributed by atoms with Crippen molar-refractivity contribution in [3.05, 3.63) is 29.3 Å². The van der Waals surface area contributed by atoms with Crippen LogP contribution in [0.15, 0.2) is 18.2 Å². The Balaban J connectivity index is 1.72. The minimum absolute atomic E-state index is 0.0792. The van der Waals surface area contributed by atoms with Gasteiger partial charge in [0.05, 0.1) is 12.2 Å². The second-order valence-corrected chi connectivity index (χ2v) is 10.3. The molecule has 2 aliphatic carbocycles. The van der Waals surface area contributed by atoms with E-state index < -0.39 is 37.3 Å². The molecule has 6 atom stereocenters. The predicted octanol–water partition coefficient (Wildman–Crippen LogP) is 5.60. The Hall–Kier alpha value is -2.00. The summed E-state index contributed by atoms with van der Waals surface area (Å²) in [7, 11) is 0. The summed E-state index contributed by atoms with van der Waals surface area (Å²) >= 11 is 0. The van der Waals surface area contributed by atoms with Gasteiger partial charge in [0.25, 0.3) is 0 Å².